The maximum atomic E-state index is 4.44. The molecule has 82 valence electrons. The van der Waals surface area contributed by atoms with Crippen LogP contribution < -0.4 is 5.32 Å². The lowest BCUT2D eigenvalue weighted by atomic mass is 9.77. The standard InChI is InChI=1S/C12H19N3/c1-13-8-10-4-2-3-5-11(10)12-9-14-6-7-15-12/h6-7,9-11,13H,2-5,8H2,1H3. The monoisotopic (exact) mass is 205 g/mol. The van der Waals surface area contributed by atoms with Crippen molar-refractivity contribution in [1.29, 1.82) is 0 Å². The SMILES string of the molecule is CNCC1CCCCC1c1cnccn1. The third-order valence-corrected chi connectivity index (χ3v) is 3.34. The highest BCUT2D eigenvalue weighted by Crippen LogP contribution is 2.36. The number of nitrogens with zero attached hydrogens (tertiary/aromatic N) is 2. The fourth-order valence-electron chi connectivity index (χ4n) is 2.61. The minimum atomic E-state index is 0.611. The molecule has 15 heavy (non-hydrogen) atoms. The van der Waals surface area contributed by atoms with Gasteiger partial charge in [0.05, 0.1) is 5.69 Å². The molecular formula is C12H19N3. The Morgan fingerprint density at radius 3 is 2.93 bits per heavy atom. The summed E-state index contributed by atoms with van der Waals surface area (Å²) in [6.07, 6.45) is 10.8. The summed E-state index contributed by atoms with van der Waals surface area (Å²) in [5.41, 5.74) is 1.18. The Morgan fingerprint density at radius 1 is 1.33 bits per heavy atom. The zero-order chi connectivity index (χ0) is 10.5. The highest BCUT2D eigenvalue weighted by Gasteiger charge is 2.26. The van der Waals surface area contributed by atoms with E-state index in [1.807, 2.05) is 13.2 Å². The molecule has 2 unspecified atom stereocenters. The first-order valence-electron chi connectivity index (χ1n) is 5.82. The number of hydrogen-bond donors (Lipinski definition) is 1. The van der Waals surface area contributed by atoms with E-state index in [4.69, 9.17) is 0 Å². The summed E-state index contributed by atoms with van der Waals surface area (Å²) in [7, 11) is 2.03. The molecule has 0 spiro atoms. The molecule has 1 aliphatic carbocycles. The van der Waals surface area contributed by atoms with Gasteiger partial charge in [-0.1, -0.05) is 12.8 Å². The van der Waals surface area contributed by atoms with Crippen molar-refractivity contribution in [2.45, 2.75) is 31.6 Å². The van der Waals surface area contributed by atoms with Gasteiger partial charge >= 0.3 is 0 Å². The van der Waals surface area contributed by atoms with Crippen LogP contribution in [0.15, 0.2) is 18.6 Å². The predicted molar refractivity (Wildman–Crippen MR) is 60.7 cm³/mol. The third kappa shape index (κ3) is 2.53. The van der Waals surface area contributed by atoms with Gasteiger partial charge in [-0.2, -0.15) is 0 Å². The topological polar surface area (TPSA) is 37.8 Å². The van der Waals surface area contributed by atoms with Crippen molar-refractivity contribution in [2.75, 3.05) is 13.6 Å². The fraction of sp³-hybridized carbons (Fsp3) is 0.667. The van der Waals surface area contributed by atoms with Crippen molar-refractivity contribution < 1.29 is 0 Å². The summed E-state index contributed by atoms with van der Waals surface area (Å²) in [6.45, 7) is 1.10. The average molecular weight is 205 g/mol. The van der Waals surface area contributed by atoms with Gasteiger partial charge < -0.3 is 5.32 Å². The van der Waals surface area contributed by atoms with E-state index in [1.165, 1.54) is 31.4 Å². The molecule has 2 atom stereocenters. The molecule has 0 aliphatic heterocycles. The number of rotatable bonds is 3. The summed E-state index contributed by atoms with van der Waals surface area (Å²) in [4.78, 5) is 8.62. The summed E-state index contributed by atoms with van der Waals surface area (Å²) in [5, 5.41) is 3.29. The second-order valence-corrected chi connectivity index (χ2v) is 4.34. The Balaban J connectivity index is 2.11. The molecule has 1 saturated carbocycles. The molecule has 0 bridgehead atoms. The van der Waals surface area contributed by atoms with E-state index in [2.05, 4.69) is 15.3 Å². The normalized spacial score (nSPS) is 26.5. The molecular weight excluding hydrogens is 186 g/mol. The molecule has 0 radical (unpaired) electrons. The summed E-state index contributed by atoms with van der Waals surface area (Å²) < 4.78 is 0. The van der Waals surface area contributed by atoms with Crippen molar-refractivity contribution >= 4 is 0 Å². The van der Waals surface area contributed by atoms with Gasteiger partial charge in [0.25, 0.3) is 0 Å². The first-order chi connectivity index (χ1) is 7.42. The van der Waals surface area contributed by atoms with Gasteiger partial charge in [0.1, 0.15) is 0 Å². The molecule has 2 rings (SSSR count). The van der Waals surface area contributed by atoms with Gasteiger partial charge in [0.2, 0.25) is 0 Å². The average Bonchev–Trinajstić information content (AvgIpc) is 2.31. The van der Waals surface area contributed by atoms with E-state index in [0.29, 0.717) is 5.92 Å². The van der Waals surface area contributed by atoms with Crippen molar-refractivity contribution in [3.05, 3.63) is 24.3 Å². The highest BCUT2D eigenvalue weighted by atomic mass is 14.8. The first-order valence-corrected chi connectivity index (χ1v) is 5.82. The summed E-state index contributed by atoms with van der Waals surface area (Å²) in [5.74, 6) is 1.35. The number of nitrogens with one attached hydrogen (secondary N) is 1. The van der Waals surface area contributed by atoms with Crippen molar-refractivity contribution in [3.63, 3.8) is 0 Å². The van der Waals surface area contributed by atoms with E-state index in [-0.39, 0.29) is 0 Å². The van der Waals surface area contributed by atoms with E-state index in [0.717, 1.165) is 12.5 Å². The molecule has 0 aromatic carbocycles. The molecule has 1 aliphatic rings. The lowest BCUT2D eigenvalue weighted by Crippen LogP contribution is -2.28. The Bertz CT molecular complexity index is 284. The maximum Gasteiger partial charge on any atom is 0.0620 e. The van der Waals surface area contributed by atoms with Gasteiger partial charge in [0, 0.05) is 24.5 Å². The van der Waals surface area contributed by atoms with Crippen molar-refractivity contribution in [1.82, 2.24) is 15.3 Å². The smallest absolute Gasteiger partial charge is 0.0620 e. The van der Waals surface area contributed by atoms with E-state index in [1.54, 1.807) is 12.4 Å². The molecule has 0 saturated heterocycles. The lowest BCUT2D eigenvalue weighted by molar-refractivity contribution is 0.296. The van der Waals surface area contributed by atoms with Crippen LogP contribution in [0, 0.1) is 5.92 Å². The third-order valence-electron chi connectivity index (χ3n) is 3.34. The Hall–Kier alpha value is -0.960. The number of hydrogen-bond acceptors (Lipinski definition) is 3. The van der Waals surface area contributed by atoms with E-state index >= 15 is 0 Å². The minimum absolute atomic E-state index is 0.611. The van der Waals surface area contributed by atoms with Crippen molar-refractivity contribution in [3.8, 4) is 0 Å². The van der Waals surface area contributed by atoms with Crippen LogP contribution in [0.5, 0.6) is 0 Å². The molecule has 3 nitrogen and oxygen atoms in total. The first kappa shape index (κ1) is 10.6. The molecule has 3 heteroatoms. The van der Waals surface area contributed by atoms with Crippen LogP contribution in [0.1, 0.15) is 37.3 Å². The molecule has 1 aromatic rings. The van der Waals surface area contributed by atoms with Gasteiger partial charge in [-0.05, 0) is 32.4 Å². The van der Waals surface area contributed by atoms with Crippen LogP contribution in [0.4, 0.5) is 0 Å². The van der Waals surface area contributed by atoms with Gasteiger partial charge in [-0.15, -0.1) is 0 Å². The zero-order valence-corrected chi connectivity index (χ0v) is 9.32. The lowest BCUT2D eigenvalue weighted by Gasteiger charge is -2.30. The fourth-order valence-corrected chi connectivity index (χ4v) is 2.61. The van der Waals surface area contributed by atoms with Crippen LogP contribution in [-0.2, 0) is 0 Å². The molecule has 1 N–H and O–H groups in total. The van der Waals surface area contributed by atoms with Gasteiger partial charge in [0.15, 0.2) is 0 Å². The second-order valence-electron chi connectivity index (χ2n) is 4.34. The zero-order valence-electron chi connectivity index (χ0n) is 9.32. The molecule has 0 amide bonds. The van der Waals surface area contributed by atoms with Gasteiger partial charge in [-0.3, -0.25) is 9.97 Å². The van der Waals surface area contributed by atoms with Crippen LogP contribution in [0.3, 0.4) is 0 Å². The number of aromatic nitrogens is 2. The maximum absolute atomic E-state index is 4.44. The summed E-state index contributed by atoms with van der Waals surface area (Å²) >= 11 is 0. The van der Waals surface area contributed by atoms with Crippen LogP contribution in [0.25, 0.3) is 0 Å². The highest BCUT2D eigenvalue weighted by molar-refractivity contribution is 5.06. The Labute approximate surface area is 91.3 Å². The minimum Gasteiger partial charge on any atom is -0.319 e. The second kappa shape index (κ2) is 5.21. The predicted octanol–water partition coefficient (Wildman–Crippen LogP) is 1.97. The van der Waals surface area contributed by atoms with Crippen LogP contribution in [0.2, 0.25) is 0 Å². The quantitative estimate of drug-likeness (QED) is 0.819. The van der Waals surface area contributed by atoms with Crippen molar-refractivity contribution in [2.24, 2.45) is 5.92 Å². The van der Waals surface area contributed by atoms with Gasteiger partial charge in [-0.25, -0.2) is 0 Å². The summed E-state index contributed by atoms with van der Waals surface area (Å²) in [6, 6.07) is 0. The van der Waals surface area contributed by atoms with Crippen LogP contribution >= 0.6 is 0 Å². The largest absolute Gasteiger partial charge is 0.319 e. The Morgan fingerprint density at radius 2 is 2.20 bits per heavy atom. The van der Waals surface area contributed by atoms with E-state index < -0.39 is 0 Å². The van der Waals surface area contributed by atoms with Crippen LogP contribution in [-0.4, -0.2) is 23.6 Å². The molecule has 1 fully saturated rings. The molecule has 1 aromatic heterocycles. The molecule has 1 heterocycles. The Kier molecular flexibility index (Phi) is 3.67. The van der Waals surface area contributed by atoms with E-state index in [9.17, 15) is 0 Å².